The number of nitrogens with two attached hydrogens (primary N) is 1. The molecule has 1 saturated heterocycles. The third-order valence-corrected chi connectivity index (χ3v) is 4.63. The molecule has 1 aliphatic rings. The first-order chi connectivity index (χ1) is 14.5. The molecule has 2 aromatic carbocycles. The molecule has 0 saturated carbocycles. The fourth-order valence-electron chi connectivity index (χ4n) is 3.18. The Morgan fingerprint density at radius 3 is 2.77 bits per heavy atom. The summed E-state index contributed by atoms with van der Waals surface area (Å²) in [4.78, 5) is 16.7. The van der Waals surface area contributed by atoms with Gasteiger partial charge in [0.1, 0.15) is 5.75 Å². The normalized spacial score (nSPS) is 16.5. The molecule has 160 valence electrons. The van der Waals surface area contributed by atoms with Gasteiger partial charge in [-0.1, -0.05) is 12.1 Å². The van der Waals surface area contributed by atoms with Gasteiger partial charge >= 0.3 is 0 Å². The van der Waals surface area contributed by atoms with E-state index in [-0.39, 0.29) is 18.1 Å². The van der Waals surface area contributed by atoms with Crippen LogP contribution in [0.1, 0.15) is 42.6 Å². The first-order valence-corrected chi connectivity index (χ1v) is 10.3. The number of anilines is 1. The molecule has 1 heterocycles. The van der Waals surface area contributed by atoms with Crippen molar-refractivity contribution in [3.8, 4) is 5.75 Å². The van der Waals surface area contributed by atoms with E-state index >= 15 is 0 Å². The van der Waals surface area contributed by atoms with Crippen molar-refractivity contribution in [2.75, 3.05) is 18.5 Å². The van der Waals surface area contributed by atoms with E-state index in [2.05, 4.69) is 15.6 Å². The van der Waals surface area contributed by atoms with E-state index in [1.54, 1.807) is 6.07 Å². The van der Waals surface area contributed by atoms with Gasteiger partial charge in [0.15, 0.2) is 5.96 Å². The van der Waals surface area contributed by atoms with E-state index in [1.807, 2.05) is 56.3 Å². The Bertz CT molecular complexity index is 859. The van der Waals surface area contributed by atoms with E-state index in [0.717, 1.165) is 36.4 Å². The van der Waals surface area contributed by atoms with Gasteiger partial charge in [0.05, 0.1) is 18.8 Å². The van der Waals surface area contributed by atoms with Crippen molar-refractivity contribution in [2.24, 2.45) is 10.7 Å². The van der Waals surface area contributed by atoms with Crippen LogP contribution in [0.4, 0.5) is 5.69 Å². The number of guanidine groups is 1. The quantitative estimate of drug-likeness (QED) is 0.458. The van der Waals surface area contributed by atoms with Crippen LogP contribution >= 0.6 is 0 Å². The first kappa shape index (κ1) is 21.6. The van der Waals surface area contributed by atoms with Gasteiger partial charge in [-0.15, -0.1) is 0 Å². The smallest absolute Gasteiger partial charge is 0.251 e. The molecule has 0 bridgehead atoms. The summed E-state index contributed by atoms with van der Waals surface area (Å²) in [6.07, 6.45) is 2.30. The van der Waals surface area contributed by atoms with E-state index < -0.39 is 0 Å². The molecule has 1 aliphatic heterocycles. The lowest BCUT2D eigenvalue weighted by Crippen LogP contribution is -2.31. The molecule has 3 rings (SSSR count). The Hall–Kier alpha value is -3.06. The lowest BCUT2D eigenvalue weighted by Gasteiger charge is -2.11. The van der Waals surface area contributed by atoms with Gasteiger partial charge in [-0.05, 0) is 68.7 Å². The average molecular weight is 411 g/mol. The highest BCUT2D eigenvalue weighted by molar-refractivity contribution is 5.94. The summed E-state index contributed by atoms with van der Waals surface area (Å²) >= 11 is 0. The minimum absolute atomic E-state index is 0.105. The highest BCUT2D eigenvalue weighted by Crippen LogP contribution is 2.17. The summed E-state index contributed by atoms with van der Waals surface area (Å²) in [5.41, 5.74) is 8.34. The standard InChI is InChI=1S/C23H30N4O3/c1-16(2)30-20-10-8-19(9-11-20)27-23(24)26-14-17-5-3-6-18(13-17)22(28)25-15-21-7-4-12-29-21/h3,5-6,8-11,13,16,21H,4,7,12,14-15H2,1-2H3,(H,25,28)(H3,24,26,27). The lowest BCUT2D eigenvalue weighted by molar-refractivity contribution is 0.0857. The van der Waals surface area contributed by atoms with Gasteiger partial charge in [-0.25, -0.2) is 4.99 Å². The monoisotopic (exact) mass is 410 g/mol. The number of carbonyl (C=O) groups is 1. The Labute approximate surface area is 177 Å². The summed E-state index contributed by atoms with van der Waals surface area (Å²) in [6.45, 7) is 5.66. The van der Waals surface area contributed by atoms with Crippen molar-refractivity contribution in [3.05, 3.63) is 59.7 Å². The first-order valence-electron chi connectivity index (χ1n) is 10.3. The van der Waals surface area contributed by atoms with Gasteiger partial charge < -0.3 is 25.8 Å². The summed E-state index contributed by atoms with van der Waals surface area (Å²) in [5, 5.41) is 6.00. The second-order valence-corrected chi connectivity index (χ2v) is 7.56. The van der Waals surface area contributed by atoms with Crippen molar-refractivity contribution in [3.63, 3.8) is 0 Å². The van der Waals surface area contributed by atoms with E-state index in [0.29, 0.717) is 24.6 Å². The topological polar surface area (TPSA) is 98.0 Å². The predicted octanol–water partition coefficient (Wildman–Crippen LogP) is 3.31. The van der Waals surface area contributed by atoms with Crippen LogP contribution in [0.5, 0.6) is 5.75 Å². The second kappa shape index (κ2) is 10.6. The number of nitrogens with zero attached hydrogens (tertiary/aromatic N) is 1. The van der Waals surface area contributed by atoms with Crippen molar-refractivity contribution < 1.29 is 14.3 Å². The van der Waals surface area contributed by atoms with Gasteiger partial charge in [0, 0.05) is 24.4 Å². The molecule has 1 atom stereocenters. The molecule has 2 aromatic rings. The highest BCUT2D eigenvalue weighted by atomic mass is 16.5. The van der Waals surface area contributed by atoms with Crippen molar-refractivity contribution in [2.45, 2.75) is 45.4 Å². The minimum Gasteiger partial charge on any atom is -0.491 e. The van der Waals surface area contributed by atoms with Crippen LogP contribution in [0.25, 0.3) is 0 Å². The molecule has 30 heavy (non-hydrogen) atoms. The van der Waals surface area contributed by atoms with Gasteiger partial charge in [0.2, 0.25) is 0 Å². The Morgan fingerprint density at radius 1 is 1.27 bits per heavy atom. The van der Waals surface area contributed by atoms with Crippen molar-refractivity contribution in [1.29, 1.82) is 0 Å². The fourth-order valence-corrected chi connectivity index (χ4v) is 3.18. The molecular formula is C23H30N4O3. The van der Waals surface area contributed by atoms with Crippen LogP contribution in [0.3, 0.4) is 0 Å². The van der Waals surface area contributed by atoms with E-state index in [1.165, 1.54) is 0 Å². The number of rotatable bonds is 8. The number of hydrogen-bond donors (Lipinski definition) is 3. The predicted molar refractivity (Wildman–Crippen MR) is 119 cm³/mol. The Balaban J connectivity index is 1.52. The van der Waals surface area contributed by atoms with Gasteiger partial charge in [-0.2, -0.15) is 0 Å². The molecule has 1 unspecified atom stereocenters. The molecule has 0 aliphatic carbocycles. The van der Waals surface area contributed by atoms with Crippen LogP contribution in [0.15, 0.2) is 53.5 Å². The van der Waals surface area contributed by atoms with Crippen molar-refractivity contribution in [1.82, 2.24) is 5.32 Å². The number of carbonyl (C=O) groups excluding carboxylic acids is 1. The largest absolute Gasteiger partial charge is 0.491 e. The maximum absolute atomic E-state index is 12.4. The summed E-state index contributed by atoms with van der Waals surface area (Å²) in [7, 11) is 0. The zero-order valence-electron chi connectivity index (χ0n) is 17.6. The fraction of sp³-hybridized carbons (Fsp3) is 0.391. The molecule has 4 N–H and O–H groups in total. The third-order valence-electron chi connectivity index (χ3n) is 4.63. The summed E-state index contributed by atoms with van der Waals surface area (Å²) in [5.74, 6) is 1.01. The molecule has 7 heteroatoms. The maximum atomic E-state index is 12.4. The van der Waals surface area contributed by atoms with Gasteiger partial charge in [-0.3, -0.25) is 4.79 Å². The molecule has 0 aromatic heterocycles. The van der Waals surface area contributed by atoms with Gasteiger partial charge in [0.25, 0.3) is 5.91 Å². The third kappa shape index (κ3) is 6.77. The van der Waals surface area contributed by atoms with E-state index in [9.17, 15) is 4.79 Å². The Morgan fingerprint density at radius 2 is 2.07 bits per heavy atom. The van der Waals surface area contributed by atoms with Crippen LogP contribution in [-0.4, -0.2) is 37.2 Å². The molecule has 1 fully saturated rings. The van der Waals surface area contributed by atoms with Crippen LogP contribution in [-0.2, 0) is 11.3 Å². The highest BCUT2D eigenvalue weighted by Gasteiger charge is 2.16. The summed E-state index contributed by atoms with van der Waals surface area (Å²) in [6, 6.07) is 14.9. The number of benzene rings is 2. The number of aliphatic imine (C=N–C) groups is 1. The number of nitrogens with one attached hydrogen (secondary N) is 2. The molecule has 0 spiro atoms. The Kier molecular flexibility index (Phi) is 7.68. The van der Waals surface area contributed by atoms with Crippen LogP contribution in [0, 0.1) is 0 Å². The zero-order chi connectivity index (χ0) is 21.3. The molecule has 0 radical (unpaired) electrons. The SMILES string of the molecule is CC(C)Oc1ccc(NC(N)=NCc2cccc(C(=O)NCC3CCCO3)c2)cc1. The lowest BCUT2D eigenvalue weighted by atomic mass is 10.1. The summed E-state index contributed by atoms with van der Waals surface area (Å²) < 4.78 is 11.2. The molecular weight excluding hydrogens is 380 g/mol. The van der Waals surface area contributed by atoms with E-state index in [4.69, 9.17) is 15.2 Å². The van der Waals surface area contributed by atoms with Crippen LogP contribution < -0.4 is 21.1 Å². The van der Waals surface area contributed by atoms with Crippen molar-refractivity contribution >= 4 is 17.6 Å². The number of hydrogen-bond acceptors (Lipinski definition) is 4. The second-order valence-electron chi connectivity index (χ2n) is 7.56. The number of amides is 1. The average Bonchev–Trinajstić information content (AvgIpc) is 3.25. The maximum Gasteiger partial charge on any atom is 0.251 e. The van der Waals surface area contributed by atoms with Crippen LogP contribution in [0.2, 0.25) is 0 Å². The molecule has 7 nitrogen and oxygen atoms in total. The molecule has 1 amide bonds. The minimum atomic E-state index is -0.105. The number of ether oxygens (including phenoxy) is 2. The zero-order valence-corrected chi connectivity index (χ0v) is 17.6.